The normalized spacial score (nSPS) is 13.1. The zero-order chi connectivity index (χ0) is 16.2. The molecule has 0 radical (unpaired) electrons. The predicted octanol–water partition coefficient (Wildman–Crippen LogP) is 3.60. The lowest BCUT2D eigenvalue weighted by Crippen LogP contribution is -2.16. The minimum absolute atomic E-state index is 0.141. The van der Waals surface area contributed by atoms with Crippen LogP contribution in [0.4, 0.5) is 24.5 Å². The summed E-state index contributed by atoms with van der Waals surface area (Å²) < 4.78 is 36.9. The molecule has 0 fully saturated rings. The van der Waals surface area contributed by atoms with Gasteiger partial charge in [0.15, 0.2) is 11.5 Å². The fourth-order valence-corrected chi connectivity index (χ4v) is 1.20. The molecule has 0 atom stereocenters. The number of non-ortho nitro benzene ring substituents is 1. The van der Waals surface area contributed by atoms with Gasteiger partial charge in [0, 0.05) is 19.1 Å². The highest BCUT2D eigenvalue weighted by Crippen LogP contribution is 2.28. The van der Waals surface area contributed by atoms with Crippen LogP contribution in [0, 0.1) is 10.1 Å². The summed E-state index contributed by atoms with van der Waals surface area (Å²) in [4.78, 5) is 20.8. The summed E-state index contributed by atoms with van der Waals surface area (Å²) >= 11 is 0. The fourth-order valence-electron chi connectivity index (χ4n) is 1.20. The van der Waals surface area contributed by atoms with Gasteiger partial charge < -0.3 is 5.11 Å². The van der Waals surface area contributed by atoms with Gasteiger partial charge >= 0.3 is 6.18 Å². The predicted molar refractivity (Wildman–Crippen MR) is 64.0 cm³/mol. The molecule has 0 bridgehead atoms. The van der Waals surface area contributed by atoms with Crippen molar-refractivity contribution in [3.05, 3.63) is 45.8 Å². The molecule has 0 unspecified atom stereocenters. The van der Waals surface area contributed by atoms with Crippen molar-refractivity contribution in [3.63, 3.8) is 0 Å². The van der Waals surface area contributed by atoms with Crippen LogP contribution in [0.15, 0.2) is 46.0 Å². The number of hydrogen-bond acceptors (Lipinski definition) is 6. The third-order valence-electron chi connectivity index (χ3n) is 2.13. The number of Topliss-reactive ketones (excluding diaryl/α,β-unsaturated/α-hetero) is 1. The molecule has 112 valence electrons. The summed E-state index contributed by atoms with van der Waals surface area (Å²) in [6, 6.07) is 4.58. The maximum absolute atomic E-state index is 12.3. The maximum Gasteiger partial charge on any atom is 0.451 e. The summed E-state index contributed by atoms with van der Waals surface area (Å²) in [5.74, 6) is -3.33. The van der Waals surface area contributed by atoms with Crippen LogP contribution in [0.2, 0.25) is 0 Å². The molecule has 7 nitrogen and oxygen atoms in total. The Morgan fingerprint density at radius 2 is 2.00 bits per heavy atom. The van der Waals surface area contributed by atoms with E-state index in [1.807, 2.05) is 0 Å². The quantitative estimate of drug-likeness (QED) is 0.301. The topological polar surface area (TPSA) is 105 Å². The van der Waals surface area contributed by atoms with Crippen molar-refractivity contribution in [2.24, 2.45) is 10.2 Å². The molecule has 0 heterocycles. The molecule has 1 aromatic carbocycles. The van der Waals surface area contributed by atoms with Gasteiger partial charge in [0.25, 0.3) is 5.69 Å². The number of aliphatic hydroxyl groups is 1. The molecule has 1 aromatic rings. The average Bonchev–Trinajstić information content (AvgIpc) is 2.37. The number of ketones is 1. The lowest BCUT2D eigenvalue weighted by atomic mass is 10.2. The van der Waals surface area contributed by atoms with E-state index in [0.29, 0.717) is 0 Å². The number of allylic oxidation sites excluding steroid dienone is 2. The zero-order valence-corrected chi connectivity index (χ0v) is 10.5. The van der Waals surface area contributed by atoms with E-state index in [9.17, 15) is 28.1 Å². The molecule has 0 aliphatic rings. The number of halogens is 3. The third-order valence-corrected chi connectivity index (χ3v) is 2.13. The van der Waals surface area contributed by atoms with Gasteiger partial charge in [-0.15, -0.1) is 5.11 Å². The number of nitro benzene ring substituents is 1. The molecule has 0 spiro atoms. The number of nitrogens with zero attached hydrogens (tertiary/aromatic N) is 3. The number of benzene rings is 1. The molecule has 10 heteroatoms. The first-order chi connectivity index (χ1) is 9.62. The van der Waals surface area contributed by atoms with Crippen molar-refractivity contribution >= 4 is 17.2 Å². The van der Waals surface area contributed by atoms with Gasteiger partial charge in [-0.2, -0.15) is 18.3 Å². The summed E-state index contributed by atoms with van der Waals surface area (Å²) in [5.41, 5.74) is -1.77. The molecular weight excluding hydrogens is 295 g/mol. The number of hydrogen-bond donors (Lipinski definition) is 1. The Kier molecular flexibility index (Phi) is 4.74. The second-order valence-electron chi connectivity index (χ2n) is 3.73. The van der Waals surface area contributed by atoms with Crippen molar-refractivity contribution in [2.75, 3.05) is 0 Å². The van der Waals surface area contributed by atoms with E-state index in [4.69, 9.17) is 5.11 Å². The van der Waals surface area contributed by atoms with Crippen molar-refractivity contribution in [1.82, 2.24) is 0 Å². The van der Waals surface area contributed by atoms with Crippen LogP contribution in [0.1, 0.15) is 6.92 Å². The SMILES string of the molecule is CC(=O)C(N=Nc1cccc([N+](=O)[O-])c1)=C(O)C(F)(F)F. The summed E-state index contributed by atoms with van der Waals surface area (Å²) in [6.45, 7) is 0.768. The molecule has 0 amide bonds. The highest BCUT2D eigenvalue weighted by atomic mass is 19.4. The molecule has 0 aromatic heterocycles. The fraction of sp³-hybridized carbons (Fsp3) is 0.182. The lowest BCUT2D eigenvalue weighted by molar-refractivity contribution is -0.384. The molecule has 1 rings (SSSR count). The van der Waals surface area contributed by atoms with Crippen molar-refractivity contribution < 1.29 is 28.0 Å². The van der Waals surface area contributed by atoms with Crippen LogP contribution < -0.4 is 0 Å². The summed E-state index contributed by atoms with van der Waals surface area (Å²) in [5, 5.41) is 25.7. The van der Waals surface area contributed by atoms with Gasteiger partial charge in [0.2, 0.25) is 5.76 Å². The molecular formula is C11H8F3N3O4. The van der Waals surface area contributed by atoms with E-state index in [1.54, 1.807) is 0 Å². The smallest absolute Gasteiger partial charge is 0.451 e. The zero-order valence-electron chi connectivity index (χ0n) is 10.5. The van der Waals surface area contributed by atoms with Gasteiger partial charge in [-0.05, 0) is 6.07 Å². The Morgan fingerprint density at radius 3 is 2.48 bits per heavy atom. The number of carbonyl (C=O) groups excluding carboxylic acids is 1. The Balaban J connectivity index is 3.20. The van der Waals surface area contributed by atoms with E-state index in [-0.39, 0.29) is 11.4 Å². The Labute approximate surface area is 115 Å². The minimum atomic E-state index is -5.15. The van der Waals surface area contributed by atoms with Crippen LogP contribution in [-0.2, 0) is 4.79 Å². The van der Waals surface area contributed by atoms with Crippen LogP contribution >= 0.6 is 0 Å². The Hall–Kier alpha value is -2.78. The number of aliphatic hydroxyl groups excluding tert-OH is 1. The Morgan fingerprint density at radius 1 is 1.38 bits per heavy atom. The van der Waals surface area contributed by atoms with Gasteiger partial charge in [-0.1, -0.05) is 6.07 Å². The van der Waals surface area contributed by atoms with E-state index in [2.05, 4.69) is 10.2 Å². The van der Waals surface area contributed by atoms with Crippen LogP contribution in [0.25, 0.3) is 0 Å². The van der Waals surface area contributed by atoms with Crippen LogP contribution in [0.5, 0.6) is 0 Å². The number of nitro groups is 1. The summed E-state index contributed by atoms with van der Waals surface area (Å²) in [6.07, 6.45) is -5.15. The van der Waals surface area contributed by atoms with Gasteiger partial charge in [-0.3, -0.25) is 14.9 Å². The van der Waals surface area contributed by atoms with Gasteiger partial charge in [0.1, 0.15) is 0 Å². The molecule has 1 N–H and O–H groups in total. The van der Waals surface area contributed by atoms with Crippen molar-refractivity contribution in [2.45, 2.75) is 13.1 Å². The first-order valence-electron chi connectivity index (χ1n) is 5.30. The Bertz CT molecular complexity index is 638. The number of alkyl halides is 3. The number of carbonyl (C=O) groups is 1. The highest BCUT2D eigenvalue weighted by molar-refractivity contribution is 5.93. The van der Waals surface area contributed by atoms with E-state index in [1.165, 1.54) is 12.1 Å². The standard InChI is InChI=1S/C11H8F3N3O4/c1-6(18)9(10(19)11(12,13)14)16-15-7-3-2-4-8(5-7)17(20)21/h2-5,19H,1H3. The largest absolute Gasteiger partial charge is 0.503 e. The van der Waals surface area contributed by atoms with E-state index >= 15 is 0 Å². The molecule has 0 aliphatic carbocycles. The van der Waals surface area contributed by atoms with Crippen LogP contribution in [-0.4, -0.2) is 22.0 Å². The lowest BCUT2D eigenvalue weighted by Gasteiger charge is -2.06. The van der Waals surface area contributed by atoms with Crippen molar-refractivity contribution in [1.29, 1.82) is 0 Å². The second kappa shape index (κ2) is 6.11. The second-order valence-corrected chi connectivity index (χ2v) is 3.73. The third kappa shape index (κ3) is 4.37. The van der Waals surface area contributed by atoms with Crippen LogP contribution in [0.3, 0.4) is 0 Å². The minimum Gasteiger partial charge on any atom is -0.503 e. The first kappa shape index (κ1) is 16.3. The molecule has 0 aliphatic heterocycles. The maximum atomic E-state index is 12.3. The first-order valence-corrected chi connectivity index (χ1v) is 5.30. The van der Waals surface area contributed by atoms with Crippen molar-refractivity contribution in [3.8, 4) is 0 Å². The molecule has 0 saturated heterocycles. The monoisotopic (exact) mass is 303 g/mol. The van der Waals surface area contributed by atoms with E-state index in [0.717, 1.165) is 19.1 Å². The number of azo groups is 1. The van der Waals surface area contributed by atoms with Gasteiger partial charge in [0.05, 0.1) is 10.6 Å². The number of rotatable bonds is 4. The van der Waals surface area contributed by atoms with Gasteiger partial charge in [-0.25, -0.2) is 0 Å². The molecule has 21 heavy (non-hydrogen) atoms. The summed E-state index contributed by atoms with van der Waals surface area (Å²) in [7, 11) is 0. The molecule has 0 saturated carbocycles. The van der Waals surface area contributed by atoms with E-state index < -0.39 is 28.3 Å². The highest BCUT2D eigenvalue weighted by Gasteiger charge is 2.38. The average molecular weight is 303 g/mol.